The van der Waals surface area contributed by atoms with Gasteiger partial charge in [-0.3, -0.25) is 14.7 Å². The van der Waals surface area contributed by atoms with E-state index in [0.29, 0.717) is 29.9 Å². The van der Waals surface area contributed by atoms with Crippen molar-refractivity contribution in [2.45, 2.75) is 50.7 Å². The molecule has 2 aliphatic heterocycles. The van der Waals surface area contributed by atoms with Crippen LogP contribution >= 0.6 is 0 Å². The van der Waals surface area contributed by atoms with Gasteiger partial charge in [0.25, 0.3) is 0 Å². The van der Waals surface area contributed by atoms with Crippen molar-refractivity contribution in [2.75, 3.05) is 60.5 Å². The van der Waals surface area contributed by atoms with Gasteiger partial charge in [0.15, 0.2) is 5.96 Å². The number of amides is 1. The van der Waals surface area contributed by atoms with Crippen molar-refractivity contribution in [3.05, 3.63) is 0 Å². The second-order valence-electron chi connectivity index (χ2n) is 9.22. The monoisotopic (exact) mass is 391 g/mol. The largest absolute Gasteiger partial charge is 0.377 e. The van der Waals surface area contributed by atoms with Crippen molar-refractivity contribution in [3.63, 3.8) is 0 Å². The van der Waals surface area contributed by atoms with Crippen molar-refractivity contribution in [1.82, 2.24) is 20.0 Å². The summed E-state index contributed by atoms with van der Waals surface area (Å²) in [6, 6.07) is 0.525. The van der Waals surface area contributed by atoms with Crippen molar-refractivity contribution in [1.29, 1.82) is 0 Å². The number of hydrogen-bond acceptors (Lipinski definition) is 4. The van der Waals surface area contributed by atoms with Crippen LogP contribution in [0.25, 0.3) is 0 Å². The van der Waals surface area contributed by atoms with E-state index in [-0.39, 0.29) is 5.91 Å². The predicted molar refractivity (Wildman–Crippen MR) is 110 cm³/mol. The summed E-state index contributed by atoms with van der Waals surface area (Å²) in [5, 5.41) is 3.87. The molecule has 1 N–H and O–H groups in total. The zero-order valence-electron chi connectivity index (χ0n) is 17.8. The summed E-state index contributed by atoms with van der Waals surface area (Å²) in [5.74, 6) is 1.93. The Hall–Kier alpha value is -1.34. The molecule has 3 atom stereocenters. The lowest BCUT2D eigenvalue weighted by Crippen LogP contribution is -2.70. The lowest BCUT2D eigenvalue weighted by atomic mass is 9.54. The molecule has 0 radical (unpaired) electrons. The highest BCUT2D eigenvalue weighted by Gasteiger charge is 2.65. The average Bonchev–Trinajstić information content (AvgIpc) is 3.36. The Morgan fingerprint density at radius 2 is 1.93 bits per heavy atom. The lowest BCUT2D eigenvalue weighted by Gasteiger charge is -2.57. The fourth-order valence-corrected chi connectivity index (χ4v) is 6.00. The zero-order chi connectivity index (χ0) is 19.7. The summed E-state index contributed by atoms with van der Waals surface area (Å²) in [6.07, 6.45) is 7.56. The zero-order valence-corrected chi connectivity index (χ0v) is 17.8. The van der Waals surface area contributed by atoms with Gasteiger partial charge in [0, 0.05) is 84.3 Å². The lowest BCUT2D eigenvalue weighted by molar-refractivity contribution is -0.129. The maximum absolute atomic E-state index is 11.8. The molecule has 2 aliphatic carbocycles. The van der Waals surface area contributed by atoms with E-state index in [2.05, 4.69) is 20.1 Å². The number of nitrogens with one attached hydrogen (secondary N) is 1. The minimum atomic E-state index is 0.208. The van der Waals surface area contributed by atoms with E-state index in [9.17, 15) is 4.79 Å². The fourth-order valence-electron chi connectivity index (χ4n) is 6.00. The molecule has 0 bridgehead atoms. The molecule has 1 amide bonds. The van der Waals surface area contributed by atoms with Crippen molar-refractivity contribution >= 4 is 11.9 Å². The van der Waals surface area contributed by atoms with Crippen LogP contribution in [0.5, 0.6) is 0 Å². The molecule has 2 saturated heterocycles. The molecule has 0 aromatic heterocycles. The first-order valence-corrected chi connectivity index (χ1v) is 11.1. The fraction of sp³-hybridized carbons (Fsp3) is 0.905. The summed E-state index contributed by atoms with van der Waals surface area (Å²) in [7, 11) is 5.56. The molecule has 2 heterocycles. The SMILES string of the molecule is CN=C(NC1C2CCOC2C12CCCC2)N1CCN(CCC(=O)N(C)C)CC1. The van der Waals surface area contributed by atoms with Crippen LogP contribution in [0.3, 0.4) is 0 Å². The third kappa shape index (κ3) is 3.52. The molecule has 3 unspecified atom stereocenters. The van der Waals surface area contributed by atoms with Gasteiger partial charge >= 0.3 is 0 Å². The number of aliphatic imine (C=N–C) groups is 1. The highest BCUT2D eigenvalue weighted by molar-refractivity contribution is 5.80. The van der Waals surface area contributed by atoms with Crippen LogP contribution in [-0.4, -0.2) is 99.2 Å². The van der Waals surface area contributed by atoms with E-state index >= 15 is 0 Å². The van der Waals surface area contributed by atoms with Crippen LogP contribution in [0.15, 0.2) is 4.99 Å². The topological polar surface area (TPSA) is 60.4 Å². The van der Waals surface area contributed by atoms with Gasteiger partial charge < -0.3 is 19.9 Å². The van der Waals surface area contributed by atoms with Crippen LogP contribution in [0.1, 0.15) is 38.5 Å². The molecule has 7 heteroatoms. The predicted octanol–water partition coefficient (Wildman–Crippen LogP) is 1.01. The van der Waals surface area contributed by atoms with Crippen LogP contribution in [-0.2, 0) is 9.53 Å². The highest BCUT2D eigenvalue weighted by atomic mass is 16.5. The number of carbonyl (C=O) groups excluding carboxylic acids is 1. The van der Waals surface area contributed by atoms with E-state index in [0.717, 1.165) is 45.3 Å². The average molecular weight is 392 g/mol. The van der Waals surface area contributed by atoms with Gasteiger partial charge in [-0.25, -0.2) is 0 Å². The molecule has 0 aromatic carbocycles. The van der Waals surface area contributed by atoms with Gasteiger partial charge in [0.2, 0.25) is 5.91 Å². The van der Waals surface area contributed by atoms with Crippen LogP contribution in [0, 0.1) is 11.3 Å². The Labute approximate surface area is 169 Å². The number of rotatable bonds is 4. The normalized spacial score (nSPS) is 32.3. The first-order chi connectivity index (χ1) is 13.5. The van der Waals surface area contributed by atoms with Crippen molar-refractivity contribution < 1.29 is 9.53 Å². The van der Waals surface area contributed by atoms with Gasteiger partial charge in [0.05, 0.1) is 6.10 Å². The molecule has 4 fully saturated rings. The Morgan fingerprint density at radius 1 is 1.21 bits per heavy atom. The van der Waals surface area contributed by atoms with Crippen molar-refractivity contribution in [3.8, 4) is 0 Å². The smallest absolute Gasteiger partial charge is 0.223 e. The van der Waals surface area contributed by atoms with E-state index < -0.39 is 0 Å². The number of carbonyl (C=O) groups is 1. The number of piperazine rings is 1. The van der Waals surface area contributed by atoms with Gasteiger partial charge in [0.1, 0.15) is 0 Å². The molecule has 28 heavy (non-hydrogen) atoms. The van der Waals surface area contributed by atoms with E-state index in [1.165, 1.54) is 32.1 Å². The highest BCUT2D eigenvalue weighted by Crippen LogP contribution is 2.60. The number of hydrogen-bond donors (Lipinski definition) is 1. The van der Waals surface area contributed by atoms with Gasteiger partial charge in [-0.1, -0.05) is 12.8 Å². The number of ether oxygens (including phenoxy) is 1. The summed E-state index contributed by atoms with van der Waals surface area (Å²) < 4.78 is 6.13. The van der Waals surface area contributed by atoms with Gasteiger partial charge in [-0.2, -0.15) is 0 Å². The van der Waals surface area contributed by atoms with Crippen LogP contribution in [0.4, 0.5) is 0 Å². The molecule has 2 saturated carbocycles. The molecule has 158 valence electrons. The minimum Gasteiger partial charge on any atom is -0.377 e. The quantitative estimate of drug-likeness (QED) is 0.572. The van der Waals surface area contributed by atoms with Crippen LogP contribution in [0.2, 0.25) is 0 Å². The first-order valence-electron chi connectivity index (χ1n) is 11.1. The summed E-state index contributed by atoms with van der Waals surface area (Å²) in [6.45, 7) is 5.71. The molecule has 7 nitrogen and oxygen atoms in total. The number of fused-ring (bicyclic) bond motifs is 2. The number of nitrogens with zero attached hydrogens (tertiary/aromatic N) is 4. The van der Waals surface area contributed by atoms with Gasteiger partial charge in [-0.05, 0) is 19.3 Å². The van der Waals surface area contributed by atoms with Gasteiger partial charge in [-0.15, -0.1) is 0 Å². The van der Waals surface area contributed by atoms with Crippen molar-refractivity contribution in [2.24, 2.45) is 16.3 Å². The second kappa shape index (κ2) is 8.19. The Kier molecular flexibility index (Phi) is 5.83. The molecular formula is C21H37N5O2. The van der Waals surface area contributed by atoms with E-state index in [1.807, 2.05) is 21.1 Å². The maximum atomic E-state index is 11.8. The standard InChI is InChI=1S/C21H37N5O2/c1-22-20(26-13-11-25(12-14-26)10-6-17(27)24(2)3)23-18-16-7-15-28-19(16)21(18)8-4-5-9-21/h16,18-19H,4-15H2,1-3H3,(H,22,23). The van der Waals surface area contributed by atoms with E-state index in [4.69, 9.17) is 4.74 Å². The molecule has 0 aromatic rings. The Balaban J connectivity index is 1.30. The molecule has 1 spiro atoms. The van der Waals surface area contributed by atoms with E-state index in [1.54, 1.807) is 4.90 Å². The number of guanidine groups is 1. The summed E-state index contributed by atoms with van der Waals surface area (Å²) in [4.78, 5) is 22.9. The molecule has 4 rings (SSSR count). The Bertz CT molecular complexity index is 594. The minimum absolute atomic E-state index is 0.208. The maximum Gasteiger partial charge on any atom is 0.223 e. The third-order valence-corrected chi connectivity index (χ3v) is 7.60. The molecule has 4 aliphatic rings. The third-order valence-electron chi connectivity index (χ3n) is 7.60. The summed E-state index contributed by atoms with van der Waals surface area (Å²) >= 11 is 0. The van der Waals surface area contributed by atoms with Crippen LogP contribution < -0.4 is 5.32 Å². The second-order valence-corrected chi connectivity index (χ2v) is 9.22. The summed E-state index contributed by atoms with van der Waals surface area (Å²) in [5.41, 5.74) is 0.353. The molecular weight excluding hydrogens is 354 g/mol. The Morgan fingerprint density at radius 3 is 2.57 bits per heavy atom. The first kappa shape index (κ1) is 20.0.